The number of halogens is 1. The Labute approximate surface area is 133 Å². The normalized spacial score (nSPS) is 10.7. The molecule has 0 bridgehead atoms. The fourth-order valence-corrected chi connectivity index (χ4v) is 2.46. The lowest BCUT2D eigenvalue weighted by Crippen LogP contribution is -2.08. The molecule has 118 valence electrons. The summed E-state index contributed by atoms with van der Waals surface area (Å²) in [7, 11) is 1.57. The average molecular weight is 312 g/mol. The molecule has 0 radical (unpaired) electrons. The van der Waals surface area contributed by atoms with Gasteiger partial charge in [0.1, 0.15) is 11.6 Å². The van der Waals surface area contributed by atoms with Crippen LogP contribution in [-0.4, -0.2) is 26.9 Å². The number of aryl methyl sites for hydroxylation is 1. The van der Waals surface area contributed by atoms with Crippen LogP contribution < -0.4 is 4.74 Å². The Kier molecular flexibility index (Phi) is 4.32. The van der Waals surface area contributed by atoms with Crippen LogP contribution in [0.2, 0.25) is 0 Å². The molecule has 0 atom stereocenters. The number of hydrogen-bond donors (Lipinski definition) is 0. The fourth-order valence-electron chi connectivity index (χ4n) is 2.46. The van der Waals surface area contributed by atoms with Gasteiger partial charge in [0, 0.05) is 24.0 Å². The van der Waals surface area contributed by atoms with E-state index in [1.807, 2.05) is 22.9 Å². The van der Waals surface area contributed by atoms with Gasteiger partial charge in [-0.3, -0.25) is 0 Å². The van der Waals surface area contributed by atoms with E-state index < -0.39 is 0 Å². The van der Waals surface area contributed by atoms with E-state index in [0.717, 1.165) is 23.2 Å². The van der Waals surface area contributed by atoms with Crippen molar-refractivity contribution in [3.05, 3.63) is 59.8 Å². The van der Waals surface area contributed by atoms with E-state index in [1.165, 1.54) is 12.1 Å². The highest BCUT2D eigenvalue weighted by atomic mass is 19.1. The minimum absolute atomic E-state index is 0.282. The highest BCUT2D eigenvalue weighted by molar-refractivity contribution is 5.55. The second-order valence-electron chi connectivity index (χ2n) is 5.10. The lowest BCUT2D eigenvalue weighted by Gasteiger charge is -2.11. The Morgan fingerprint density at radius 1 is 1.22 bits per heavy atom. The predicted octanol–water partition coefficient (Wildman–Crippen LogP) is 3.10. The minimum Gasteiger partial charge on any atom is -0.480 e. The van der Waals surface area contributed by atoms with Crippen molar-refractivity contribution in [3.8, 4) is 17.3 Å². The third kappa shape index (κ3) is 3.21. The summed E-state index contributed by atoms with van der Waals surface area (Å²) in [5, 5.41) is 8.29. The fraction of sp³-hybridized carbons (Fsp3) is 0.235. The number of aromatic nitrogens is 4. The zero-order valence-corrected chi connectivity index (χ0v) is 13.0. The second-order valence-corrected chi connectivity index (χ2v) is 5.10. The summed E-state index contributed by atoms with van der Waals surface area (Å²) in [5.74, 6) is 0.918. The van der Waals surface area contributed by atoms with Crippen molar-refractivity contribution in [2.24, 2.45) is 0 Å². The molecule has 23 heavy (non-hydrogen) atoms. The van der Waals surface area contributed by atoms with Crippen LogP contribution in [0.4, 0.5) is 4.39 Å². The highest BCUT2D eigenvalue weighted by Gasteiger charge is 2.11. The molecule has 5 nitrogen and oxygen atoms in total. The van der Waals surface area contributed by atoms with Crippen LogP contribution in [0.1, 0.15) is 18.2 Å². The van der Waals surface area contributed by atoms with Crippen LogP contribution in [-0.2, 0) is 13.0 Å². The largest absolute Gasteiger partial charge is 0.480 e. The third-order valence-corrected chi connectivity index (χ3v) is 3.65. The maximum atomic E-state index is 13.4. The van der Waals surface area contributed by atoms with E-state index in [2.05, 4.69) is 22.1 Å². The molecule has 0 saturated carbocycles. The Morgan fingerprint density at radius 2 is 2.09 bits per heavy atom. The summed E-state index contributed by atoms with van der Waals surface area (Å²) in [6, 6.07) is 8.29. The Hall–Kier alpha value is -2.76. The van der Waals surface area contributed by atoms with Gasteiger partial charge < -0.3 is 9.30 Å². The van der Waals surface area contributed by atoms with Gasteiger partial charge in [0.05, 0.1) is 19.3 Å². The lowest BCUT2D eigenvalue weighted by molar-refractivity contribution is 0.390. The summed E-state index contributed by atoms with van der Waals surface area (Å²) in [4.78, 5) is 4.34. The molecule has 1 aromatic carbocycles. The molecule has 2 heterocycles. The summed E-state index contributed by atoms with van der Waals surface area (Å²) >= 11 is 0. The average Bonchev–Trinajstić information content (AvgIpc) is 3.03. The maximum Gasteiger partial charge on any atom is 0.233 e. The summed E-state index contributed by atoms with van der Waals surface area (Å²) < 4.78 is 20.5. The van der Waals surface area contributed by atoms with Crippen molar-refractivity contribution in [2.45, 2.75) is 19.9 Å². The van der Waals surface area contributed by atoms with Gasteiger partial charge >= 0.3 is 0 Å². The topological polar surface area (TPSA) is 52.8 Å². The Balaban J connectivity index is 1.95. The van der Waals surface area contributed by atoms with Crippen LogP contribution in [0.5, 0.6) is 5.88 Å². The van der Waals surface area contributed by atoms with E-state index in [0.29, 0.717) is 18.2 Å². The van der Waals surface area contributed by atoms with Crippen molar-refractivity contribution in [1.82, 2.24) is 19.7 Å². The molecule has 6 heteroatoms. The zero-order chi connectivity index (χ0) is 16.2. The van der Waals surface area contributed by atoms with E-state index in [-0.39, 0.29) is 5.82 Å². The molecule has 0 aliphatic rings. The molecule has 0 amide bonds. The number of rotatable bonds is 5. The first-order valence-corrected chi connectivity index (χ1v) is 7.37. The summed E-state index contributed by atoms with van der Waals surface area (Å²) in [6.07, 6.45) is 4.37. The van der Waals surface area contributed by atoms with Crippen molar-refractivity contribution in [1.29, 1.82) is 0 Å². The smallest absolute Gasteiger partial charge is 0.233 e. The molecule has 2 aromatic heterocycles. The van der Waals surface area contributed by atoms with Crippen LogP contribution >= 0.6 is 0 Å². The van der Waals surface area contributed by atoms with E-state index in [9.17, 15) is 4.39 Å². The molecule has 0 saturated heterocycles. The van der Waals surface area contributed by atoms with Crippen molar-refractivity contribution in [3.63, 3.8) is 0 Å². The number of methoxy groups -OCH3 is 1. The maximum absolute atomic E-state index is 13.4. The first-order chi connectivity index (χ1) is 11.2. The van der Waals surface area contributed by atoms with Gasteiger partial charge in [-0.05, 0) is 24.1 Å². The van der Waals surface area contributed by atoms with E-state index in [4.69, 9.17) is 4.74 Å². The monoisotopic (exact) mass is 312 g/mol. The van der Waals surface area contributed by atoms with E-state index >= 15 is 0 Å². The van der Waals surface area contributed by atoms with Gasteiger partial charge in [-0.2, -0.15) is 0 Å². The number of nitrogens with zero attached hydrogens (tertiary/aromatic N) is 4. The molecule has 0 aliphatic heterocycles. The van der Waals surface area contributed by atoms with Gasteiger partial charge in [-0.25, -0.2) is 9.37 Å². The number of hydrogen-bond acceptors (Lipinski definition) is 4. The molecule has 0 unspecified atom stereocenters. The third-order valence-electron chi connectivity index (χ3n) is 3.65. The Morgan fingerprint density at radius 3 is 2.83 bits per heavy atom. The standard InChI is InChI=1S/C17H17FN4O/c1-3-12-10-16(23-2)21-20-15(12)11-22-8-7-19-17(22)13-5-4-6-14(18)9-13/h4-10H,3,11H2,1-2H3. The van der Waals surface area contributed by atoms with Crippen molar-refractivity contribution >= 4 is 0 Å². The molecular weight excluding hydrogens is 295 g/mol. The highest BCUT2D eigenvalue weighted by Crippen LogP contribution is 2.21. The van der Waals surface area contributed by atoms with Crippen LogP contribution in [0.25, 0.3) is 11.4 Å². The zero-order valence-electron chi connectivity index (χ0n) is 13.0. The number of benzene rings is 1. The van der Waals surface area contributed by atoms with Gasteiger partial charge in [-0.1, -0.05) is 19.1 Å². The Bertz CT molecular complexity index is 816. The number of ether oxygens (including phenoxy) is 1. The van der Waals surface area contributed by atoms with Gasteiger partial charge in [-0.15, -0.1) is 10.2 Å². The lowest BCUT2D eigenvalue weighted by atomic mass is 10.1. The minimum atomic E-state index is -0.282. The summed E-state index contributed by atoms with van der Waals surface area (Å²) in [5.41, 5.74) is 2.65. The van der Waals surface area contributed by atoms with Gasteiger partial charge in [0.2, 0.25) is 5.88 Å². The van der Waals surface area contributed by atoms with Crippen LogP contribution in [0.3, 0.4) is 0 Å². The van der Waals surface area contributed by atoms with E-state index in [1.54, 1.807) is 19.4 Å². The second kappa shape index (κ2) is 6.56. The quantitative estimate of drug-likeness (QED) is 0.726. The SMILES string of the molecule is CCc1cc(OC)nnc1Cn1ccnc1-c1cccc(F)c1. The molecular formula is C17H17FN4O. The van der Waals surface area contributed by atoms with Crippen LogP contribution in [0, 0.1) is 5.82 Å². The van der Waals surface area contributed by atoms with Gasteiger partial charge in [0.25, 0.3) is 0 Å². The number of imidazole rings is 1. The molecule has 0 aliphatic carbocycles. The van der Waals surface area contributed by atoms with Crippen molar-refractivity contribution < 1.29 is 9.13 Å². The van der Waals surface area contributed by atoms with Crippen LogP contribution in [0.15, 0.2) is 42.7 Å². The van der Waals surface area contributed by atoms with Crippen molar-refractivity contribution in [2.75, 3.05) is 7.11 Å². The van der Waals surface area contributed by atoms with Gasteiger partial charge in [0.15, 0.2) is 0 Å². The summed E-state index contributed by atoms with van der Waals surface area (Å²) in [6.45, 7) is 2.58. The molecule has 3 aromatic rings. The molecule has 0 fully saturated rings. The predicted molar refractivity (Wildman–Crippen MR) is 84.7 cm³/mol. The first kappa shape index (κ1) is 15.1. The first-order valence-electron chi connectivity index (χ1n) is 7.37. The molecule has 0 spiro atoms. The molecule has 0 N–H and O–H groups in total. The molecule has 3 rings (SSSR count).